The molecule has 0 spiro atoms. The summed E-state index contributed by atoms with van der Waals surface area (Å²) in [6, 6.07) is 11.7. The van der Waals surface area contributed by atoms with E-state index in [0.29, 0.717) is 31.1 Å². The number of carbonyl (C=O) groups excluding carboxylic acids is 2. The molecule has 0 N–H and O–H groups in total. The predicted octanol–water partition coefficient (Wildman–Crippen LogP) is 2.59. The largest absolute Gasteiger partial charge is 0.465 e. The van der Waals surface area contributed by atoms with Crippen molar-refractivity contribution in [2.45, 2.75) is 31.7 Å². The highest BCUT2D eigenvalue weighted by atomic mass is 32.2. The summed E-state index contributed by atoms with van der Waals surface area (Å²) < 4.78 is 39.9. The van der Waals surface area contributed by atoms with Crippen LogP contribution >= 0.6 is 11.3 Å². The lowest BCUT2D eigenvalue weighted by Crippen LogP contribution is -2.40. The van der Waals surface area contributed by atoms with Crippen molar-refractivity contribution in [1.82, 2.24) is 8.87 Å². The average molecular weight is 518 g/mol. The number of ether oxygens (including phenoxy) is 2. The Morgan fingerprint density at radius 3 is 2.46 bits per heavy atom. The van der Waals surface area contributed by atoms with Gasteiger partial charge in [0.15, 0.2) is 4.80 Å². The van der Waals surface area contributed by atoms with E-state index < -0.39 is 21.9 Å². The molecule has 0 saturated carbocycles. The molecule has 1 fully saturated rings. The van der Waals surface area contributed by atoms with Gasteiger partial charge in [0, 0.05) is 18.7 Å². The highest BCUT2D eigenvalue weighted by molar-refractivity contribution is 7.89. The first kappa shape index (κ1) is 25.2. The molecule has 11 heteroatoms. The lowest BCUT2D eigenvalue weighted by Gasteiger charge is -2.26. The summed E-state index contributed by atoms with van der Waals surface area (Å²) in [7, 11) is -3.66. The van der Waals surface area contributed by atoms with Gasteiger partial charge < -0.3 is 14.0 Å². The van der Waals surface area contributed by atoms with Crippen molar-refractivity contribution in [1.29, 1.82) is 0 Å². The zero-order valence-corrected chi connectivity index (χ0v) is 21.2. The maximum absolute atomic E-state index is 13.0. The monoisotopic (exact) mass is 517 g/mol. The molecule has 3 aromatic rings. The number of carbonyl (C=O) groups is 2. The molecule has 1 amide bonds. The summed E-state index contributed by atoms with van der Waals surface area (Å²) in [5, 5.41) is 0. The zero-order valence-electron chi connectivity index (χ0n) is 19.6. The third-order valence-electron chi connectivity index (χ3n) is 5.65. The summed E-state index contributed by atoms with van der Waals surface area (Å²) >= 11 is 1.32. The Kier molecular flexibility index (Phi) is 7.80. The van der Waals surface area contributed by atoms with Crippen molar-refractivity contribution < 1.29 is 27.5 Å². The van der Waals surface area contributed by atoms with Gasteiger partial charge >= 0.3 is 5.97 Å². The van der Waals surface area contributed by atoms with Crippen LogP contribution in [0.4, 0.5) is 0 Å². The summed E-state index contributed by atoms with van der Waals surface area (Å²) in [6.45, 7) is 5.28. The van der Waals surface area contributed by atoms with E-state index in [4.69, 9.17) is 9.47 Å². The standard InChI is InChI=1S/C24H27N3O6S2/c1-3-17-5-10-20-21(15-17)34-24(27(20)16-22(28)33-4-2)25-23(29)18-6-8-19(9-7-18)35(30,31)26-11-13-32-14-12-26/h5-10,15H,3-4,11-14,16H2,1-2H3. The summed E-state index contributed by atoms with van der Waals surface area (Å²) in [6.07, 6.45) is 0.858. The Labute approximate surface area is 207 Å². The zero-order chi connectivity index (χ0) is 25.0. The summed E-state index contributed by atoms with van der Waals surface area (Å²) in [5.74, 6) is -0.946. The minimum Gasteiger partial charge on any atom is -0.465 e. The van der Waals surface area contributed by atoms with Crippen LogP contribution in [0.1, 0.15) is 29.8 Å². The van der Waals surface area contributed by atoms with Crippen molar-refractivity contribution >= 4 is 43.5 Å². The molecular weight excluding hydrogens is 490 g/mol. The SMILES string of the molecule is CCOC(=O)Cn1c(=NC(=O)c2ccc(S(=O)(=O)N3CCOCC3)cc2)sc2cc(CC)ccc21. The second kappa shape index (κ2) is 10.8. The molecule has 9 nitrogen and oxygen atoms in total. The van der Waals surface area contributed by atoms with Crippen LogP contribution in [0.15, 0.2) is 52.4 Å². The van der Waals surface area contributed by atoms with Gasteiger partial charge in [-0.2, -0.15) is 9.30 Å². The minimum atomic E-state index is -3.66. The van der Waals surface area contributed by atoms with Gasteiger partial charge in [0.05, 0.1) is 34.9 Å². The molecule has 1 aliphatic rings. The molecule has 0 aliphatic carbocycles. The fourth-order valence-corrected chi connectivity index (χ4v) is 6.27. The van der Waals surface area contributed by atoms with Crippen molar-refractivity contribution in [3.8, 4) is 0 Å². The number of esters is 1. The molecule has 1 aromatic heterocycles. The van der Waals surface area contributed by atoms with Gasteiger partial charge in [-0.05, 0) is 55.3 Å². The molecule has 2 aromatic carbocycles. The number of nitrogens with zero attached hydrogens (tertiary/aromatic N) is 3. The quantitative estimate of drug-likeness (QED) is 0.446. The van der Waals surface area contributed by atoms with Gasteiger partial charge in [0.2, 0.25) is 10.0 Å². The molecule has 0 atom stereocenters. The second-order valence-electron chi connectivity index (χ2n) is 7.89. The first-order valence-corrected chi connectivity index (χ1v) is 13.6. The number of fused-ring (bicyclic) bond motifs is 1. The Morgan fingerprint density at radius 2 is 1.80 bits per heavy atom. The average Bonchev–Trinajstić information content (AvgIpc) is 3.20. The number of benzene rings is 2. The van der Waals surface area contributed by atoms with Crippen LogP contribution in [0.2, 0.25) is 0 Å². The molecule has 0 radical (unpaired) electrons. The number of amides is 1. The number of rotatable bonds is 7. The van der Waals surface area contributed by atoms with E-state index >= 15 is 0 Å². The number of hydrogen-bond donors (Lipinski definition) is 0. The number of aromatic nitrogens is 1. The third kappa shape index (κ3) is 5.53. The van der Waals surface area contributed by atoms with Crippen LogP contribution in [0, 0.1) is 0 Å². The van der Waals surface area contributed by atoms with Crippen molar-refractivity contribution in [2.75, 3.05) is 32.9 Å². The van der Waals surface area contributed by atoms with Gasteiger partial charge in [-0.1, -0.05) is 24.3 Å². The van der Waals surface area contributed by atoms with Crippen molar-refractivity contribution in [2.24, 2.45) is 4.99 Å². The molecule has 186 valence electrons. The molecule has 0 bridgehead atoms. The molecule has 1 aliphatic heterocycles. The first-order chi connectivity index (χ1) is 16.8. The Morgan fingerprint density at radius 1 is 1.09 bits per heavy atom. The maximum Gasteiger partial charge on any atom is 0.326 e. The van der Waals surface area contributed by atoms with E-state index in [1.807, 2.05) is 18.2 Å². The normalized spacial score (nSPS) is 15.4. The van der Waals surface area contributed by atoms with Crippen LogP contribution in [0.5, 0.6) is 0 Å². The number of morpholine rings is 1. The van der Waals surface area contributed by atoms with Crippen molar-refractivity contribution in [3.63, 3.8) is 0 Å². The van der Waals surface area contributed by atoms with E-state index in [-0.39, 0.29) is 23.6 Å². The van der Waals surface area contributed by atoms with Crippen LogP contribution < -0.4 is 4.80 Å². The van der Waals surface area contributed by atoms with Crippen LogP contribution in [-0.4, -0.2) is 62.1 Å². The fourth-order valence-electron chi connectivity index (χ4n) is 3.77. The topological polar surface area (TPSA) is 107 Å². The maximum atomic E-state index is 13.0. The lowest BCUT2D eigenvalue weighted by molar-refractivity contribution is -0.143. The molecule has 1 saturated heterocycles. The number of sulfonamides is 1. The summed E-state index contributed by atoms with van der Waals surface area (Å²) in [4.78, 5) is 29.9. The molecule has 35 heavy (non-hydrogen) atoms. The van der Waals surface area contributed by atoms with Crippen LogP contribution in [0.3, 0.4) is 0 Å². The van der Waals surface area contributed by atoms with Gasteiger partial charge in [-0.3, -0.25) is 9.59 Å². The van der Waals surface area contributed by atoms with Gasteiger partial charge in [-0.15, -0.1) is 0 Å². The highest BCUT2D eigenvalue weighted by Crippen LogP contribution is 2.21. The number of hydrogen-bond acceptors (Lipinski definition) is 7. The van der Waals surface area contributed by atoms with Crippen LogP contribution in [-0.2, 0) is 37.3 Å². The third-order valence-corrected chi connectivity index (χ3v) is 8.61. The first-order valence-electron chi connectivity index (χ1n) is 11.4. The Hall–Kier alpha value is -2.86. The van der Waals surface area contributed by atoms with Gasteiger partial charge in [0.25, 0.3) is 5.91 Å². The molecule has 0 unspecified atom stereocenters. The molecule has 2 heterocycles. The smallest absolute Gasteiger partial charge is 0.326 e. The summed E-state index contributed by atoms with van der Waals surface area (Å²) in [5.41, 5.74) is 2.18. The molecular formula is C24H27N3O6S2. The minimum absolute atomic E-state index is 0.0673. The van der Waals surface area contributed by atoms with Gasteiger partial charge in [-0.25, -0.2) is 8.42 Å². The van der Waals surface area contributed by atoms with E-state index in [1.54, 1.807) is 11.5 Å². The number of thiazole rings is 1. The Bertz CT molecular complexity index is 1400. The molecule has 4 rings (SSSR count). The predicted molar refractivity (Wildman–Crippen MR) is 132 cm³/mol. The van der Waals surface area contributed by atoms with Crippen LogP contribution in [0.25, 0.3) is 10.2 Å². The second-order valence-corrected chi connectivity index (χ2v) is 10.8. The fraction of sp³-hybridized carbons (Fsp3) is 0.375. The van der Waals surface area contributed by atoms with E-state index in [9.17, 15) is 18.0 Å². The highest BCUT2D eigenvalue weighted by Gasteiger charge is 2.26. The van der Waals surface area contributed by atoms with E-state index in [1.165, 1.54) is 39.9 Å². The van der Waals surface area contributed by atoms with E-state index in [0.717, 1.165) is 22.2 Å². The van der Waals surface area contributed by atoms with E-state index in [2.05, 4.69) is 11.9 Å². The van der Waals surface area contributed by atoms with Crippen molar-refractivity contribution in [3.05, 3.63) is 58.4 Å². The number of aryl methyl sites for hydroxylation is 1. The Balaban J connectivity index is 1.66. The van der Waals surface area contributed by atoms with Gasteiger partial charge in [0.1, 0.15) is 6.54 Å². The lowest BCUT2D eigenvalue weighted by atomic mass is 10.2.